The van der Waals surface area contributed by atoms with Gasteiger partial charge in [0.1, 0.15) is 10.2 Å². The van der Waals surface area contributed by atoms with Gasteiger partial charge < -0.3 is 9.84 Å². The fraction of sp³-hybridized carbons (Fsp3) is 0.125. The Morgan fingerprint density at radius 3 is 2.75 bits per heavy atom. The zero-order valence-electron chi connectivity index (χ0n) is 7.59. The van der Waals surface area contributed by atoms with E-state index in [1.807, 2.05) is 0 Å². The first kappa shape index (κ1) is 12.4. The molecule has 1 aromatic rings. The molecule has 0 aliphatic heterocycles. The SMILES string of the molecule is O=C(O)C(F)Oc1cccc([N+](=O)[O-])c1Br. The van der Waals surface area contributed by atoms with Crippen LogP contribution in [-0.4, -0.2) is 22.4 Å². The van der Waals surface area contributed by atoms with Crippen LogP contribution in [0.2, 0.25) is 0 Å². The fourth-order valence-corrected chi connectivity index (χ4v) is 1.40. The molecule has 0 bridgehead atoms. The molecule has 0 aliphatic carbocycles. The number of halogens is 2. The van der Waals surface area contributed by atoms with Crippen molar-refractivity contribution >= 4 is 27.6 Å². The number of hydrogen-bond acceptors (Lipinski definition) is 4. The minimum Gasteiger partial charge on any atom is -0.476 e. The van der Waals surface area contributed by atoms with Crippen molar-refractivity contribution in [2.45, 2.75) is 6.36 Å². The van der Waals surface area contributed by atoms with Crippen molar-refractivity contribution < 1.29 is 24.0 Å². The molecule has 0 heterocycles. The Balaban J connectivity index is 3.02. The van der Waals surface area contributed by atoms with Crippen LogP contribution in [0.25, 0.3) is 0 Å². The van der Waals surface area contributed by atoms with Crippen LogP contribution in [0.1, 0.15) is 0 Å². The predicted molar refractivity (Wildman–Crippen MR) is 54.0 cm³/mol. The topological polar surface area (TPSA) is 89.7 Å². The molecule has 0 amide bonds. The minimum atomic E-state index is -2.57. The van der Waals surface area contributed by atoms with Crippen molar-refractivity contribution in [2.75, 3.05) is 0 Å². The van der Waals surface area contributed by atoms with Gasteiger partial charge in [-0.2, -0.15) is 4.39 Å². The molecule has 0 radical (unpaired) electrons. The maximum absolute atomic E-state index is 12.7. The number of alkyl halides is 1. The summed E-state index contributed by atoms with van der Waals surface area (Å²) < 4.78 is 17.0. The number of nitrogens with zero attached hydrogens (tertiary/aromatic N) is 1. The molecule has 1 aromatic carbocycles. The van der Waals surface area contributed by atoms with E-state index in [4.69, 9.17) is 5.11 Å². The highest BCUT2D eigenvalue weighted by atomic mass is 79.9. The van der Waals surface area contributed by atoms with E-state index in [1.54, 1.807) is 0 Å². The zero-order chi connectivity index (χ0) is 12.3. The number of carbonyl (C=O) groups is 1. The summed E-state index contributed by atoms with van der Waals surface area (Å²) in [5, 5.41) is 18.8. The van der Waals surface area contributed by atoms with Gasteiger partial charge in [-0.3, -0.25) is 10.1 Å². The van der Waals surface area contributed by atoms with Crippen LogP contribution in [0.5, 0.6) is 5.75 Å². The number of carboxylic acids is 1. The van der Waals surface area contributed by atoms with Crippen LogP contribution in [0.4, 0.5) is 10.1 Å². The molecule has 8 heteroatoms. The van der Waals surface area contributed by atoms with E-state index in [-0.39, 0.29) is 15.9 Å². The number of nitro groups is 1. The van der Waals surface area contributed by atoms with Gasteiger partial charge in [-0.15, -0.1) is 0 Å². The summed E-state index contributed by atoms with van der Waals surface area (Å²) in [5.41, 5.74) is -0.338. The van der Waals surface area contributed by atoms with Gasteiger partial charge in [0.05, 0.1) is 4.92 Å². The quantitative estimate of drug-likeness (QED) is 0.678. The van der Waals surface area contributed by atoms with E-state index in [1.165, 1.54) is 18.2 Å². The summed E-state index contributed by atoms with van der Waals surface area (Å²) in [7, 11) is 0. The third-order valence-corrected chi connectivity index (χ3v) is 2.36. The Morgan fingerprint density at radius 2 is 2.25 bits per heavy atom. The predicted octanol–water partition coefficient (Wildman–Crippen LogP) is 2.12. The number of benzene rings is 1. The van der Waals surface area contributed by atoms with Gasteiger partial charge in [-0.05, 0) is 22.0 Å². The van der Waals surface area contributed by atoms with Gasteiger partial charge in [0.2, 0.25) is 0 Å². The number of carboxylic acid groups (broad SMARTS) is 1. The lowest BCUT2D eigenvalue weighted by atomic mass is 10.3. The average Bonchev–Trinajstić information content (AvgIpc) is 2.20. The Labute approximate surface area is 96.9 Å². The molecule has 0 aromatic heterocycles. The third kappa shape index (κ3) is 2.66. The monoisotopic (exact) mass is 293 g/mol. The van der Waals surface area contributed by atoms with E-state index >= 15 is 0 Å². The van der Waals surface area contributed by atoms with Crippen LogP contribution in [0.15, 0.2) is 22.7 Å². The minimum absolute atomic E-state index is 0.107. The molecule has 6 nitrogen and oxygen atoms in total. The Bertz CT molecular complexity index is 438. The molecule has 1 unspecified atom stereocenters. The molecule has 86 valence electrons. The first-order valence-corrected chi connectivity index (χ1v) is 4.69. The average molecular weight is 294 g/mol. The second-order valence-corrected chi connectivity index (χ2v) is 3.41. The number of ether oxygens (including phenoxy) is 1. The highest BCUT2D eigenvalue weighted by Gasteiger charge is 2.22. The van der Waals surface area contributed by atoms with E-state index in [0.29, 0.717) is 0 Å². The van der Waals surface area contributed by atoms with Crippen LogP contribution in [0.3, 0.4) is 0 Å². The lowest BCUT2D eigenvalue weighted by molar-refractivity contribution is -0.385. The van der Waals surface area contributed by atoms with Crippen LogP contribution >= 0.6 is 15.9 Å². The van der Waals surface area contributed by atoms with E-state index in [9.17, 15) is 19.3 Å². The number of aliphatic carboxylic acids is 1. The summed E-state index contributed by atoms with van der Waals surface area (Å²) in [6.07, 6.45) is -2.57. The highest BCUT2D eigenvalue weighted by molar-refractivity contribution is 9.10. The molecule has 0 fully saturated rings. The molecule has 0 spiro atoms. The molecule has 1 atom stereocenters. The van der Waals surface area contributed by atoms with Gasteiger partial charge in [-0.1, -0.05) is 6.07 Å². The van der Waals surface area contributed by atoms with Gasteiger partial charge >= 0.3 is 12.3 Å². The fourth-order valence-electron chi connectivity index (χ4n) is 0.893. The molecule has 0 aliphatic rings. The van der Waals surface area contributed by atoms with Gasteiger partial charge in [0.25, 0.3) is 5.69 Å². The smallest absolute Gasteiger partial charge is 0.378 e. The summed E-state index contributed by atoms with van der Waals surface area (Å²) >= 11 is 2.83. The Morgan fingerprint density at radius 1 is 1.62 bits per heavy atom. The normalized spacial score (nSPS) is 11.9. The standard InChI is InChI=1S/C8H5BrFNO5/c9-6-4(11(14)15)2-1-3-5(6)16-7(10)8(12)13/h1-3,7H,(H,12,13). The second kappa shape index (κ2) is 4.88. The Kier molecular flexibility index (Phi) is 3.78. The summed E-state index contributed by atoms with van der Waals surface area (Å²) in [5.74, 6) is -2.05. The van der Waals surface area contributed by atoms with Crippen molar-refractivity contribution in [1.82, 2.24) is 0 Å². The molecule has 1 N–H and O–H groups in total. The zero-order valence-corrected chi connectivity index (χ0v) is 9.18. The molecule has 0 saturated heterocycles. The number of rotatable bonds is 4. The lowest BCUT2D eigenvalue weighted by Crippen LogP contribution is -2.21. The number of nitro benzene ring substituents is 1. The van der Waals surface area contributed by atoms with Crippen molar-refractivity contribution in [3.8, 4) is 5.75 Å². The molecule has 0 saturated carbocycles. The lowest BCUT2D eigenvalue weighted by Gasteiger charge is -2.08. The van der Waals surface area contributed by atoms with Crippen LogP contribution in [-0.2, 0) is 4.79 Å². The van der Waals surface area contributed by atoms with Gasteiger partial charge in [-0.25, -0.2) is 4.79 Å². The first-order chi connectivity index (χ1) is 7.43. The number of hydrogen-bond donors (Lipinski definition) is 1. The van der Waals surface area contributed by atoms with Crippen LogP contribution < -0.4 is 4.74 Å². The first-order valence-electron chi connectivity index (χ1n) is 3.90. The van der Waals surface area contributed by atoms with E-state index < -0.39 is 17.3 Å². The van der Waals surface area contributed by atoms with Crippen molar-refractivity contribution in [3.63, 3.8) is 0 Å². The van der Waals surface area contributed by atoms with E-state index in [2.05, 4.69) is 20.7 Å². The van der Waals surface area contributed by atoms with E-state index in [0.717, 1.165) is 0 Å². The summed E-state index contributed by atoms with van der Waals surface area (Å²) in [4.78, 5) is 20.0. The Hall–Kier alpha value is -1.70. The molecular weight excluding hydrogens is 289 g/mol. The van der Waals surface area contributed by atoms with Crippen molar-refractivity contribution in [1.29, 1.82) is 0 Å². The highest BCUT2D eigenvalue weighted by Crippen LogP contribution is 2.34. The van der Waals surface area contributed by atoms with Crippen molar-refractivity contribution in [2.24, 2.45) is 0 Å². The molecule has 16 heavy (non-hydrogen) atoms. The largest absolute Gasteiger partial charge is 0.476 e. The second-order valence-electron chi connectivity index (χ2n) is 2.62. The third-order valence-electron chi connectivity index (χ3n) is 1.56. The van der Waals surface area contributed by atoms with Gasteiger partial charge in [0, 0.05) is 6.07 Å². The maximum atomic E-state index is 12.7. The van der Waals surface area contributed by atoms with Crippen molar-refractivity contribution in [3.05, 3.63) is 32.8 Å². The summed E-state index contributed by atoms with van der Waals surface area (Å²) in [6, 6.07) is 3.64. The summed E-state index contributed by atoms with van der Waals surface area (Å²) in [6.45, 7) is 0. The van der Waals surface area contributed by atoms with Gasteiger partial charge in [0.15, 0.2) is 0 Å². The molecule has 1 rings (SSSR count). The maximum Gasteiger partial charge on any atom is 0.378 e. The van der Waals surface area contributed by atoms with Crippen LogP contribution in [0, 0.1) is 10.1 Å². The molecular formula is C8H5BrFNO5.